The van der Waals surface area contributed by atoms with Crippen molar-refractivity contribution in [2.75, 3.05) is 19.3 Å². The number of unbranched alkanes of at least 4 members (excludes halogenated alkanes) is 5. The Kier molecular flexibility index (Phi) is 10.4. The molecule has 0 radical (unpaired) electrons. The Bertz CT molecular complexity index is 485. The lowest BCUT2D eigenvalue weighted by atomic mass is 10.1. The molecule has 0 atom stereocenters. The van der Waals surface area contributed by atoms with Gasteiger partial charge in [-0.1, -0.05) is 45.1 Å². The molecule has 3 nitrogen and oxygen atoms in total. The van der Waals surface area contributed by atoms with Gasteiger partial charge >= 0.3 is 0 Å². The zero-order valence-corrected chi connectivity index (χ0v) is 17.2. The maximum Gasteiger partial charge on any atom is 0.138 e. The molecule has 1 aromatic rings. The van der Waals surface area contributed by atoms with Gasteiger partial charge in [0.2, 0.25) is 0 Å². The van der Waals surface area contributed by atoms with Crippen LogP contribution in [0.5, 0.6) is 0 Å². The van der Waals surface area contributed by atoms with Crippen LogP contribution in [-0.4, -0.2) is 33.0 Å². The zero-order chi connectivity index (χ0) is 14.9. The molecule has 0 spiro atoms. The van der Waals surface area contributed by atoms with E-state index in [2.05, 4.69) is 46.0 Å². The van der Waals surface area contributed by atoms with Gasteiger partial charge in [0.25, 0.3) is 0 Å². The van der Waals surface area contributed by atoms with Crippen LogP contribution in [0.2, 0.25) is 0 Å². The van der Waals surface area contributed by atoms with Crippen molar-refractivity contribution in [2.24, 2.45) is 0 Å². The van der Waals surface area contributed by atoms with Gasteiger partial charge in [-0.25, -0.2) is 0 Å². The SMILES string of the molecule is CCCCCCCCSc1nsnc1C1=CC=CN(C)C1.[I-]. The first-order valence-electron chi connectivity index (χ1n) is 7.84. The molecule has 0 N–H and O–H groups in total. The molecule has 0 amide bonds. The molecule has 0 bridgehead atoms. The Hall–Kier alpha value is -0.0800. The lowest BCUT2D eigenvalue weighted by molar-refractivity contribution is -0.00000449. The van der Waals surface area contributed by atoms with E-state index in [0.29, 0.717) is 0 Å². The quantitative estimate of drug-likeness (QED) is 0.326. The van der Waals surface area contributed by atoms with Gasteiger partial charge in [-0.15, -0.1) is 11.8 Å². The smallest absolute Gasteiger partial charge is 0.138 e. The molecule has 0 fully saturated rings. The van der Waals surface area contributed by atoms with Gasteiger partial charge in [0, 0.05) is 19.2 Å². The highest BCUT2D eigenvalue weighted by Gasteiger charge is 2.15. The Morgan fingerprint density at radius 3 is 2.73 bits per heavy atom. The summed E-state index contributed by atoms with van der Waals surface area (Å²) in [5.74, 6) is 1.16. The largest absolute Gasteiger partial charge is 1.00 e. The van der Waals surface area contributed by atoms with E-state index in [0.717, 1.165) is 23.0 Å². The summed E-state index contributed by atoms with van der Waals surface area (Å²) in [6.45, 7) is 3.19. The summed E-state index contributed by atoms with van der Waals surface area (Å²) in [7, 11) is 2.09. The molecule has 1 aliphatic heterocycles. The first kappa shape index (κ1) is 20.0. The normalized spacial score (nSPS) is 13.9. The second-order valence-electron chi connectivity index (χ2n) is 5.48. The molecule has 0 saturated heterocycles. The molecule has 0 unspecified atom stereocenters. The van der Waals surface area contributed by atoms with Crippen LogP contribution in [0, 0.1) is 0 Å². The third kappa shape index (κ3) is 6.58. The molecule has 22 heavy (non-hydrogen) atoms. The number of hydrogen-bond acceptors (Lipinski definition) is 5. The van der Waals surface area contributed by atoms with E-state index in [1.807, 2.05) is 11.8 Å². The fraction of sp³-hybridized carbons (Fsp3) is 0.625. The van der Waals surface area contributed by atoms with Crippen molar-refractivity contribution in [2.45, 2.75) is 50.5 Å². The first-order chi connectivity index (χ1) is 10.3. The number of halogens is 1. The van der Waals surface area contributed by atoms with E-state index in [4.69, 9.17) is 0 Å². The van der Waals surface area contributed by atoms with Crippen molar-refractivity contribution in [1.82, 2.24) is 13.6 Å². The van der Waals surface area contributed by atoms with Crippen molar-refractivity contribution in [3.63, 3.8) is 0 Å². The molecular weight excluding hydrogens is 425 g/mol. The van der Waals surface area contributed by atoms with E-state index in [-0.39, 0.29) is 24.0 Å². The number of nitrogens with zero attached hydrogens (tertiary/aromatic N) is 3. The first-order valence-corrected chi connectivity index (χ1v) is 9.56. The average molecular weight is 450 g/mol. The number of allylic oxidation sites excluding steroid dienone is 2. The van der Waals surface area contributed by atoms with Crippen LogP contribution in [0.4, 0.5) is 0 Å². The second kappa shape index (κ2) is 11.5. The predicted octanol–water partition coefficient (Wildman–Crippen LogP) is 1.84. The highest BCUT2D eigenvalue weighted by Crippen LogP contribution is 2.29. The Balaban J connectivity index is 0.00000242. The van der Waals surface area contributed by atoms with Gasteiger partial charge in [0.05, 0.1) is 11.7 Å². The van der Waals surface area contributed by atoms with Gasteiger partial charge in [-0.05, 0) is 24.4 Å². The standard InChI is InChI=1S/C16H25N3S2.HI/c1-3-4-5-6-7-8-12-20-16-15(17-21-18-16)14-10-9-11-19(2)13-14;/h9-11H,3-8,12-13H2,1-2H3;1H/p-1. The minimum absolute atomic E-state index is 0. The summed E-state index contributed by atoms with van der Waals surface area (Å²) < 4.78 is 8.97. The van der Waals surface area contributed by atoms with Gasteiger partial charge in [-0.3, -0.25) is 0 Å². The van der Waals surface area contributed by atoms with Crippen molar-refractivity contribution >= 4 is 29.1 Å². The van der Waals surface area contributed by atoms with Crippen LogP contribution in [0.25, 0.3) is 5.57 Å². The van der Waals surface area contributed by atoms with Gasteiger partial charge in [0.1, 0.15) is 10.7 Å². The minimum Gasteiger partial charge on any atom is -1.00 e. The highest BCUT2D eigenvalue weighted by atomic mass is 127. The predicted molar refractivity (Wildman–Crippen MR) is 93.8 cm³/mol. The summed E-state index contributed by atoms with van der Waals surface area (Å²) in [6, 6.07) is 0. The van der Waals surface area contributed by atoms with E-state index >= 15 is 0 Å². The number of rotatable bonds is 9. The van der Waals surface area contributed by atoms with E-state index in [1.54, 1.807) is 0 Å². The van der Waals surface area contributed by atoms with Crippen LogP contribution >= 0.6 is 23.5 Å². The molecule has 124 valence electrons. The summed E-state index contributed by atoms with van der Waals surface area (Å²) in [4.78, 5) is 2.18. The topological polar surface area (TPSA) is 29.0 Å². The molecule has 0 saturated carbocycles. The fourth-order valence-corrected chi connectivity index (χ4v) is 4.07. The molecule has 0 aromatic carbocycles. The Morgan fingerprint density at radius 1 is 1.18 bits per heavy atom. The number of hydrogen-bond donors (Lipinski definition) is 0. The Labute approximate surface area is 160 Å². The number of likely N-dealkylation sites (N-methyl/N-ethyl adjacent to an activating group) is 1. The van der Waals surface area contributed by atoms with Crippen LogP contribution in [0.1, 0.15) is 51.1 Å². The van der Waals surface area contributed by atoms with Crippen molar-refractivity contribution < 1.29 is 24.0 Å². The van der Waals surface area contributed by atoms with Crippen molar-refractivity contribution in [3.8, 4) is 0 Å². The monoisotopic (exact) mass is 450 g/mol. The molecule has 2 heterocycles. The van der Waals surface area contributed by atoms with Gasteiger partial charge in [-0.2, -0.15) is 8.75 Å². The number of thioether (sulfide) groups is 1. The van der Waals surface area contributed by atoms with Crippen LogP contribution < -0.4 is 24.0 Å². The van der Waals surface area contributed by atoms with Crippen LogP contribution in [0.15, 0.2) is 23.4 Å². The molecule has 1 aromatic heterocycles. The fourth-order valence-electron chi connectivity index (χ4n) is 2.36. The number of aromatic nitrogens is 2. The molecular formula is C16H25IN3S2-. The maximum atomic E-state index is 4.49. The van der Waals surface area contributed by atoms with Gasteiger partial charge < -0.3 is 28.9 Å². The molecule has 1 aliphatic rings. The summed E-state index contributed by atoms with van der Waals surface area (Å²) in [5, 5.41) is 1.11. The van der Waals surface area contributed by atoms with Crippen molar-refractivity contribution in [1.29, 1.82) is 0 Å². The second-order valence-corrected chi connectivity index (χ2v) is 7.09. The van der Waals surface area contributed by atoms with Gasteiger partial charge in [0.15, 0.2) is 0 Å². The molecule has 6 heteroatoms. The van der Waals surface area contributed by atoms with E-state index in [1.165, 1.54) is 55.8 Å². The van der Waals surface area contributed by atoms with E-state index < -0.39 is 0 Å². The summed E-state index contributed by atoms with van der Waals surface area (Å²) in [5.41, 5.74) is 2.37. The maximum absolute atomic E-state index is 4.49. The Morgan fingerprint density at radius 2 is 1.95 bits per heavy atom. The summed E-state index contributed by atoms with van der Waals surface area (Å²) in [6.07, 6.45) is 14.4. The third-order valence-corrected chi connectivity index (χ3v) is 5.25. The lowest BCUT2D eigenvalue weighted by Gasteiger charge is -2.18. The van der Waals surface area contributed by atoms with Crippen LogP contribution in [-0.2, 0) is 0 Å². The molecule has 0 aliphatic carbocycles. The van der Waals surface area contributed by atoms with Crippen molar-refractivity contribution in [3.05, 3.63) is 24.0 Å². The third-order valence-electron chi connectivity index (χ3n) is 3.56. The lowest BCUT2D eigenvalue weighted by Crippen LogP contribution is -3.00. The average Bonchev–Trinajstić information content (AvgIpc) is 2.95. The van der Waals surface area contributed by atoms with Crippen LogP contribution in [0.3, 0.4) is 0 Å². The highest BCUT2D eigenvalue weighted by molar-refractivity contribution is 7.99. The van der Waals surface area contributed by atoms with E-state index in [9.17, 15) is 0 Å². The zero-order valence-electron chi connectivity index (χ0n) is 13.4. The minimum atomic E-state index is 0. The summed E-state index contributed by atoms with van der Waals surface area (Å²) >= 11 is 3.20. The molecule has 2 rings (SSSR count).